The van der Waals surface area contributed by atoms with Gasteiger partial charge in [0, 0.05) is 6.07 Å². The lowest BCUT2D eigenvalue weighted by atomic mass is 10.1. The van der Waals surface area contributed by atoms with Crippen LogP contribution in [-0.4, -0.2) is 11.5 Å². The Hall–Kier alpha value is -1.58. The van der Waals surface area contributed by atoms with Gasteiger partial charge in [0.05, 0.1) is 11.5 Å². The number of ether oxygens (including phenoxy) is 1. The van der Waals surface area contributed by atoms with Gasteiger partial charge < -0.3 is 4.74 Å². The highest BCUT2D eigenvalue weighted by atomic mass is 16.6. The molecule has 0 heterocycles. The molecule has 0 saturated carbocycles. The van der Waals surface area contributed by atoms with Crippen molar-refractivity contribution in [1.29, 1.82) is 0 Å². The molecule has 0 fully saturated rings. The molecular weight excluding hydrogens is 314 g/mol. The van der Waals surface area contributed by atoms with Crippen LogP contribution in [-0.2, 0) is 0 Å². The fourth-order valence-electron chi connectivity index (χ4n) is 3.02. The van der Waals surface area contributed by atoms with Crippen molar-refractivity contribution in [2.75, 3.05) is 6.61 Å². The minimum absolute atomic E-state index is 0.0685. The molecule has 4 nitrogen and oxygen atoms in total. The molecule has 142 valence electrons. The summed E-state index contributed by atoms with van der Waals surface area (Å²) >= 11 is 0. The van der Waals surface area contributed by atoms with E-state index in [0.29, 0.717) is 12.4 Å². The molecule has 0 spiro atoms. The summed E-state index contributed by atoms with van der Waals surface area (Å²) in [6, 6.07) is 5.12. The third-order valence-corrected chi connectivity index (χ3v) is 4.57. The fraction of sp³-hybridized carbons (Fsp3) is 0.714. The Morgan fingerprint density at radius 3 is 1.92 bits per heavy atom. The summed E-state index contributed by atoms with van der Waals surface area (Å²) < 4.78 is 5.60. The molecule has 0 amide bonds. The normalized spacial score (nSPS) is 10.8. The van der Waals surface area contributed by atoms with Crippen LogP contribution in [0.3, 0.4) is 0 Å². The monoisotopic (exact) mass is 349 g/mol. The molecular formula is C21H35NO3. The molecule has 0 unspecified atom stereocenters. The summed E-state index contributed by atoms with van der Waals surface area (Å²) in [5, 5.41) is 11.0. The highest BCUT2D eigenvalue weighted by molar-refractivity contribution is 5.48. The van der Waals surface area contributed by atoms with Gasteiger partial charge in [-0.1, -0.05) is 83.6 Å². The molecule has 0 aromatic heterocycles. The van der Waals surface area contributed by atoms with Gasteiger partial charge in [0.25, 0.3) is 0 Å². The fourth-order valence-corrected chi connectivity index (χ4v) is 3.02. The van der Waals surface area contributed by atoms with Gasteiger partial charge >= 0.3 is 5.69 Å². The van der Waals surface area contributed by atoms with Crippen LogP contribution >= 0.6 is 0 Å². The second kappa shape index (κ2) is 13.7. The second-order valence-electron chi connectivity index (χ2n) is 6.97. The summed E-state index contributed by atoms with van der Waals surface area (Å²) in [4.78, 5) is 10.7. The SMILES string of the molecule is CCCCCCCCCCCCCCOc1ccc(C)cc1[N+](=O)[O-]. The average Bonchev–Trinajstić information content (AvgIpc) is 2.60. The number of hydrogen-bond donors (Lipinski definition) is 0. The first-order valence-electron chi connectivity index (χ1n) is 10.0. The Morgan fingerprint density at radius 1 is 0.880 bits per heavy atom. The summed E-state index contributed by atoms with van der Waals surface area (Å²) in [5.74, 6) is 0.388. The zero-order valence-corrected chi connectivity index (χ0v) is 16.1. The van der Waals surface area contributed by atoms with Gasteiger partial charge in [-0.05, 0) is 25.0 Å². The first-order chi connectivity index (χ1) is 12.1. The Morgan fingerprint density at radius 2 is 1.40 bits per heavy atom. The number of unbranched alkanes of at least 4 members (excludes halogenated alkanes) is 11. The maximum absolute atomic E-state index is 11.0. The standard InChI is InChI=1S/C21H35NO3/c1-3-4-5-6-7-8-9-10-11-12-13-14-17-25-21-16-15-19(2)18-20(21)22(23)24/h15-16,18H,3-14,17H2,1-2H3. The van der Waals surface area contributed by atoms with E-state index in [-0.39, 0.29) is 10.6 Å². The van der Waals surface area contributed by atoms with Gasteiger partial charge in [-0.25, -0.2) is 0 Å². The molecule has 1 aromatic carbocycles. The van der Waals surface area contributed by atoms with Gasteiger partial charge in [-0.3, -0.25) is 10.1 Å². The van der Waals surface area contributed by atoms with Gasteiger partial charge in [0.15, 0.2) is 5.75 Å². The zero-order chi connectivity index (χ0) is 18.3. The Kier molecular flexibility index (Phi) is 11.7. The van der Waals surface area contributed by atoms with E-state index in [4.69, 9.17) is 4.74 Å². The molecule has 0 saturated heterocycles. The van der Waals surface area contributed by atoms with Crippen molar-refractivity contribution in [2.24, 2.45) is 0 Å². The van der Waals surface area contributed by atoms with E-state index >= 15 is 0 Å². The van der Waals surface area contributed by atoms with Gasteiger partial charge in [0.1, 0.15) is 0 Å². The van der Waals surface area contributed by atoms with Crippen molar-refractivity contribution in [3.8, 4) is 5.75 Å². The van der Waals surface area contributed by atoms with Crippen LogP contribution in [0.4, 0.5) is 5.69 Å². The molecule has 4 heteroatoms. The largest absolute Gasteiger partial charge is 0.487 e. The third kappa shape index (κ3) is 10.1. The zero-order valence-electron chi connectivity index (χ0n) is 16.1. The second-order valence-corrected chi connectivity index (χ2v) is 6.97. The first kappa shape index (κ1) is 21.5. The average molecular weight is 350 g/mol. The number of hydrogen-bond acceptors (Lipinski definition) is 3. The van der Waals surface area contributed by atoms with E-state index in [1.54, 1.807) is 12.1 Å². The van der Waals surface area contributed by atoms with Crippen molar-refractivity contribution < 1.29 is 9.66 Å². The molecule has 0 aliphatic carbocycles. The van der Waals surface area contributed by atoms with Crippen LogP contribution < -0.4 is 4.74 Å². The Balaban J connectivity index is 2.00. The highest BCUT2D eigenvalue weighted by Gasteiger charge is 2.14. The topological polar surface area (TPSA) is 52.4 Å². The van der Waals surface area contributed by atoms with Gasteiger partial charge in [-0.2, -0.15) is 0 Å². The first-order valence-corrected chi connectivity index (χ1v) is 10.0. The van der Waals surface area contributed by atoms with Crippen molar-refractivity contribution in [2.45, 2.75) is 90.9 Å². The van der Waals surface area contributed by atoms with Crippen molar-refractivity contribution in [3.63, 3.8) is 0 Å². The number of nitrogens with zero attached hydrogens (tertiary/aromatic N) is 1. The molecule has 0 N–H and O–H groups in total. The van der Waals surface area contributed by atoms with Crippen LogP contribution in [0.15, 0.2) is 18.2 Å². The third-order valence-electron chi connectivity index (χ3n) is 4.57. The van der Waals surface area contributed by atoms with Crippen LogP contribution in [0.2, 0.25) is 0 Å². The van der Waals surface area contributed by atoms with Crippen LogP contribution in [0, 0.1) is 17.0 Å². The van der Waals surface area contributed by atoms with E-state index in [9.17, 15) is 10.1 Å². The van der Waals surface area contributed by atoms with Crippen LogP contribution in [0.5, 0.6) is 5.75 Å². The predicted octanol–water partition coefficient (Wildman–Crippen LogP) is 6.98. The number of benzene rings is 1. The highest BCUT2D eigenvalue weighted by Crippen LogP contribution is 2.27. The quantitative estimate of drug-likeness (QED) is 0.195. The van der Waals surface area contributed by atoms with E-state index in [0.717, 1.165) is 18.4 Å². The predicted molar refractivity (Wildman–Crippen MR) is 104 cm³/mol. The van der Waals surface area contributed by atoms with Crippen LogP contribution in [0.25, 0.3) is 0 Å². The number of nitro groups is 1. The molecule has 1 rings (SSSR count). The Bertz CT molecular complexity index is 488. The Labute approximate surface area is 153 Å². The van der Waals surface area contributed by atoms with E-state index in [1.807, 2.05) is 13.0 Å². The summed E-state index contributed by atoms with van der Waals surface area (Å²) in [6.07, 6.45) is 15.6. The van der Waals surface area contributed by atoms with E-state index < -0.39 is 0 Å². The number of rotatable bonds is 15. The summed E-state index contributed by atoms with van der Waals surface area (Å²) in [6.45, 7) is 4.66. The van der Waals surface area contributed by atoms with Crippen molar-refractivity contribution >= 4 is 5.69 Å². The molecule has 0 atom stereocenters. The van der Waals surface area contributed by atoms with Gasteiger partial charge in [-0.15, -0.1) is 0 Å². The summed E-state index contributed by atoms with van der Waals surface area (Å²) in [7, 11) is 0. The molecule has 0 aliphatic heterocycles. The minimum Gasteiger partial charge on any atom is -0.487 e. The molecule has 1 aromatic rings. The number of nitro benzene ring substituents is 1. The lowest BCUT2D eigenvalue weighted by Gasteiger charge is -2.07. The van der Waals surface area contributed by atoms with Crippen LogP contribution in [0.1, 0.15) is 89.5 Å². The lowest BCUT2D eigenvalue weighted by molar-refractivity contribution is -0.385. The summed E-state index contributed by atoms with van der Waals surface area (Å²) in [5.41, 5.74) is 0.948. The molecule has 0 radical (unpaired) electrons. The molecule has 0 aliphatic rings. The maximum Gasteiger partial charge on any atom is 0.311 e. The molecule has 25 heavy (non-hydrogen) atoms. The van der Waals surface area contributed by atoms with Gasteiger partial charge in [0.2, 0.25) is 0 Å². The minimum atomic E-state index is -0.370. The van der Waals surface area contributed by atoms with Crippen molar-refractivity contribution in [3.05, 3.63) is 33.9 Å². The van der Waals surface area contributed by atoms with E-state index in [1.165, 1.54) is 64.2 Å². The number of aryl methyl sites for hydroxylation is 1. The smallest absolute Gasteiger partial charge is 0.311 e. The van der Waals surface area contributed by atoms with E-state index in [2.05, 4.69) is 6.92 Å². The maximum atomic E-state index is 11.0. The van der Waals surface area contributed by atoms with Crippen molar-refractivity contribution in [1.82, 2.24) is 0 Å². The lowest BCUT2D eigenvalue weighted by Crippen LogP contribution is -2.01. The molecule has 0 bridgehead atoms.